The van der Waals surface area contributed by atoms with E-state index in [4.69, 9.17) is 4.52 Å². The molecule has 1 amide bonds. The molecule has 7 heteroatoms. The molecule has 2 aromatic carbocycles. The van der Waals surface area contributed by atoms with Crippen molar-refractivity contribution in [3.8, 4) is 0 Å². The van der Waals surface area contributed by atoms with Gasteiger partial charge in [-0.15, -0.1) is 11.8 Å². The Morgan fingerprint density at radius 3 is 2.81 bits per heavy atom. The molecule has 4 rings (SSSR count). The molecular weight excluding hydrogens is 378 g/mol. The third-order valence-electron chi connectivity index (χ3n) is 4.02. The van der Waals surface area contributed by atoms with Gasteiger partial charge in [0.15, 0.2) is 5.13 Å². The molecule has 0 bridgehead atoms. The summed E-state index contributed by atoms with van der Waals surface area (Å²) in [5.74, 6) is 1.24. The van der Waals surface area contributed by atoms with Gasteiger partial charge in [0.1, 0.15) is 5.76 Å². The number of nitrogens with zero attached hydrogens (tertiary/aromatic N) is 2. The van der Waals surface area contributed by atoms with Crippen LogP contribution in [0.4, 0.5) is 5.13 Å². The zero-order valence-electron chi connectivity index (χ0n) is 14.9. The lowest BCUT2D eigenvalue weighted by Gasteiger charge is -2.07. The maximum absolute atomic E-state index is 12.8. The quantitative estimate of drug-likeness (QED) is 0.455. The molecule has 0 spiro atoms. The van der Waals surface area contributed by atoms with Crippen molar-refractivity contribution in [2.45, 2.75) is 24.5 Å². The van der Waals surface area contributed by atoms with Gasteiger partial charge in [-0.3, -0.25) is 10.1 Å². The standard InChI is InChI=1S/C20H17N3O2S2/c1-12-6-5-9-17-18(12)21-20(27-17)22-19(24)15-7-3-4-8-16(15)26-11-14-10-13(2)23-25-14/h3-10H,11H2,1-2H3,(H,21,22,24). The lowest BCUT2D eigenvalue weighted by Crippen LogP contribution is -2.12. The molecule has 0 aliphatic heterocycles. The normalized spacial score (nSPS) is 11.0. The maximum atomic E-state index is 12.8. The number of carbonyl (C=O) groups excluding carboxylic acids is 1. The van der Waals surface area contributed by atoms with Gasteiger partial charge < -0.3 is 4.52 Å². The molecule has 0 atom stereocenters. The third-order valence-corrected chi connectivity index (χ3v) is 6.05. The first-order valence-electron chi connectivity index (χ1n) is 8.41. The molecule has 1 N–H and O–H groups in total. The average molecular weight is 396 g/mol. The zero-order chi connectivity index (χ0) is 18.8. The van der Waals surface area contributed by atoms with E-state index in [1.54, 1.807) is 11.8 Å². The van der Waals surface area contributed by atoms with Crippen LogP contribution < -0.4 is 5.32 Å². The Morgan fingerprint density at radius 1 is 1.19 bits per heavy atom. The summed E-state index contributed by atoms with van der Waals surface area (Å²) in [4.78, 5) is 18.3. The van der Waals surface area contributed by atoms with Gasteiger partial charge in [-0.1, -0.05) is 40.8 Å². The van der Waals surface area contributed by atoms with Crippen molar-refractivity contribution in [3.63, 3.8) is 0 Å². The molecule has 0 saturated heterocycles. The van der Waals surface area contributed by atoms with Crippen LogP contribution in [0.25, 0.3) is 10.2 Å². The van der Waals surface area contributed by atoms with Crippen molar-refractivity contribution < 1.29 is 9.32 Å². The number of rotatable bonds is 5. The van der Waals surface area contributed by atoms with Crippen molar-refractivity contribution in [1.29, 1.82) is 0 Å². The molecule has 0 saturated carbocycles. The van der Waals surface area contributed by atoms with Crippen LogP contribution >= 0.6 is 23.1 Å². The van der Waals surface area contributed by atoms with Crippen LogP contribution in [0.2, 0.25) is 0 Å². The summed E-state index contributed by atoms with van der Waals surface area (Å²) >= 11 is 3.03. The van der Waals surface area contributed by atoms with Gasteiger partial charge in [0.05, 0.1) is 27.2 Å². The predicted molar refractivity (Wildman–Crippen MR) is 110 cm³/mol. The van der Waals surface area contributed by atoms with Crippen molar-refractivity contribution in [3.05, 3.63) is 71.1 Å². The predicted octanol–water partition coefficient (Wildman–Crippen LogP) is 5.45. The molecule has 5 nitrogen and oxygen atoms in total. The minimum atomic E-state index is -0.163. The van der Waals surface area contributed by atoms with Gasteiger partial charge in [0.2, 0.25) is 0 Å². The fraction of sp³-hybridized carbons (Fsp3) is 0.150. The SMILES string of the molecule is Cc1cc(CSc2ccccc2C(=O)Nc2nc3c(C)cccc3s2)on1. The lowest BCUT2D eigenvalue weighted by atomic mass is 10.2. The number of carbonyl (C=O) groups is 1. The number of para-hydroxylation sites is 1. The van der Waals surface area contributed by atoms with Crippen LogP contribution in [-0.2, 0) is 5.75 Å². The number of hydrogen-bond donors (Lipinski definition) is 1. The number of hydrogen-bond acceptors (Lipinski definition) is 6. The number of aryl methyl sites for hydroxylation is 2. The Bertz CT molecular complexity index is 1120. The van der Waals surface area contributed by atoms with Gasteiger partial charge in [0.25, 0.3) is 5.91 Å². The summed E-state index contributed by atoms with van der Waals surface area (Å²) in [6.45, 7) is 3.91. The van der Waals surface area contributed by atoms with E-state index < -0.39 is 0 Å². The van der Waals surface area contributed by atoms with E-state index in [-0.39, 0.29) is 5.91 Å². The number of amides is 1. The summed E-state index contributed by atoms with van der Waals surface area (Å²) in [7, 11) is 0. The average Bonchev–Trinajstić information content (AvgIpc) is 3.26. The Kier molecular flexibility index (Phi) is 4.96. The number of benzene rings is 2. The molecule has 0 aliphatic carbocycles. The van der Waals surface area contributed by atoms with Crippen LogP contribution in [0.1, 0.15) is 27.4 Å². The Balaban J connectivity index is 1.53. The lowest BCUT2D eigenvalue weighted by molar-refractivity contribution is 0.102. The fourth-order valence-corrected chi connectivity index (χ4v) is 4.58. The van der Waals surface area contributed by atoms with Crippen molar-refractivity contribution in [2.24, 2.45) is 0 Å². The first-order chi connectivity index (χ1) is 13.1. The monoisotopic (exact) mass is 395 g/mol. The van der Waals surface area contributed by atoms with E-state index >= 15 is 0 Å². The molecule has 2 aromatic heterocycles. The van der Waals surface area contributed by atoms with E-state index in [1.807, 2.05) is 62.4 Å². The topological polar surface area (TPSA) is 68.0 Å². The van der Waals surface area contributed by atoms with Crippen LogP contribution in [0, 0.1) is 13.8 Å². The summed E-state index contributed by atoms with van der Waals surface area (Å²) in [5, 5.41) is 7.44. The van der Waals surface area contributed by atoms with Crippen molar-refractivity contribution in [1.82, 2.24) is 10.1 Å². The molecule has 0 fully saturated rings. The summed E-state index contributed by atoms with van der Waals surface area (Å²) in [6, 6.07) is 15.5. The van der Waals surface area contributed by atoms with Crippen molar-refractivity contribution in [2.75, 3.05) is 5.32 Å². The number of thioether (sulfide) groups is 1. The molecular formula is C20H17N3O2S2. The highest BCUT2D eigenvalue weighted by atomic mass is 32.2. The van der Waals surface area contributed by atoms with Crippen LogP contribution in [0.5, 0.6) is 0 Å². The van der Waals surface area contributed by atoms with Gasteiger partial charge in [0, 0.05) is 11.0 Å². The minimum absolute atomic E-state index is 0.163. The highest BCUT2D eigenvalue weighted by Gasteiger charge is 2.15. The van der Waals surface area contributed by atoms with Crippen molar-refractivity contribution >= 4 is 44.4 Å². The Hall–Kier alpha value is -2.64. The highest BCUT2D eigenvalue weighted by molar-refractivity contribution is 7.98. The van der Waals surface area contributed by atoms with Crippen LogP contribution in [0.3, 0.4) is 0 Å². The fourth-order valence-electron chi connectivity index (χ4n) is 2.72. The second-order valence-corrected chi connectivity index (χ2v) is 8.16. The van der Waals surface area contributed by atoms with Crippen LogP contribution in [0.15, 0.2) is 57.9 Å². The highest BCUT2D eigenvalue weighted by Crippen LogP contribution is 2.30. The number of anilines is 1. The van der Waals surface area contributed by atoms with Gasteiger partial charge >= 0.3 is 0 Å². The molecule has 27 heavy (non-hydrogen) atoms. The van der Waals surface area contributed by atoms with Gasteiger partial charge in [-0.05, 0) is 37.6 Å². The number of thiazole rings is 1. The molecule has 136 valence electrons. The number of nitrogens with one attached hydrogen (secondary N) is 1. The molecule has 2 heterocycles. The number of aromatic nitrogens is 2. The summed E-state index contributed by atoms with van der Waals surface area (Å²) in [5.41, 5.74) is 3.50. The second-order valence-electron chi connectivity index (χ2n) is 6.11. The summed E-state index contributed by atoms with van der Waals surface area (Å²) < 4.78 is 6.31. The molecule has 0 unspecified atom stereocenters. The minimum Gasteiger partial charge on any atom is -0.360 e. The van der Waals surface area contributed by atoms with Gasteiger partial charge in [-0.2, -0.15) is 0 Å². The van der Waals surface area contributed by atoms with Crippen LogP contribution in [-0.4, -0.2) is 16.0 Å². The molecule has 0 aliphatic rings. The Morgan fingerprint density at radius 2 is 2.04 bits per heavy atom. The second kappa shape index (κ2) is 7.54. The number of fused-ring (bicyclic) bond motifs is 1. The first kappa shape index (κ1) is 17.8. The third kappa shape index (κ3) is 3.89. The van der Waals surface area contributed by atoms with E-state index in [2.05, 4.69) is 15.5 Å². The zero-order valence-corrected chi connectivity index (χ0v) is 16.5. The van der Waals surface area contributed by atoms with Gasteiger partial charge in [-0.25, -0.2) is 4.98 Å². The first-order valence-corrected chi connectivity index (χ1v) is 10.2. The Labute approximate surface area is 164 Å². The van der Waals surface area contributed by atoms with E-state index in [0.29, 0.717) is 16.4 Å². The maximum Gasteiger partial charge on any atom is 0.258 e. The van der Waals surface area contributed by atoms with E-state index in [9.17, 15) is 4.79 Å². The largest absolute Gasteiger partial charge is 0.360 e. The van der Waals surface area contributed by atoms with E-state index in [0.717, 1.165) is 32.1 Å². The molecule has 4 aromatic rings. The smallest absolute Gasteiger partial charge is 0.258 e. The molecule has 0 radical (unpaired) electrons. The summed E-state index contributed by atoms with van der Waals surface area (Å²) in [6.07, 6.45) is 0. The van der Waals surface area contributed by atoms with E-state index in [1.165, 1.54) is 11.3 Å².